The van der Waals surface area contributed by atoms with Crippen molar-refractivity contribution < 1.29 is 4.74 Å². The van der Waals surface area contributed by atoms with E-state index < -0.39 is 0 Å². The van der Waals surface area contributed by atoms with Gasteiger partial charge >= 0.3 is 0 Å². The average molecular weight is 258 g/mol. The van der Waals surface area contributed by atoms with Crippen LogP contribution in [0.1, 0.15) is 12.5 Å². The third-order valence-corrected chi connectivity index (χ3v) is 2.67. The van der Waals surface area contributed by atoms with Crippen molar-refractivity contribution in [2.24, 2.45) is 0 Å². The van der Waals surface area contributed by atoms with Gasteiger partial charge in [-0.3, -0.25) is 0 Å². The molecule has 0 saturated carbocycles. The van der Waals surface area contributed by atoms with E-state index in [4.69, 9.17) is 4.74 Å². The Morgan fingerprint density at radius 3 is 2.86 bits per heavy atom. The lowest BCUT2D eigenvalue weighted by Crippen LogP contribution is -2.19. The number of rotatable bonds is 6. The van der Waals surface area contributed by atoms with Gasteiger partial charge in [0, 0.05) is 24.2 Å². The molecule has 0 radical (unpaired) electrons. The summed E-state index contributed by atoms with van der Waals surface area (Å²) < 4.78 is 6.38. The van der Waals surface area contributed by atoms with Gasteiger partial charge in [-0.15, -0.1) is 0 Å². The third-order valence-electron chi connectivity index (χ3n) is 1.90. The Bertz CT molecular complexity index is 265. The van der Waals surface area contributed by atoms with Gasteiger partial charge in [-0.25, -0.2) is 0 Å². The molecule has 1 aromatic carbocycles. The van der Waals surface area contributed by atoms with Gasteiger partial charge in [0.25, 0.3) is 0 Å². The summed E-state index contributed by atoms with van der Waals surface area (Å²) in [6, 6.07) is 8.23. The van der Waals surface area contributed by atoms with Crippen molar-refractivity contribution in [3.05, 3.63) is 34.3 Å². The summed E-state index contributed by atoms with van der Waals surface area (Å²) in [6.45, 7) is 5.36. The first-order valence-electron chi connectivity index (χ1n) is 4.86. The summed E-state index contributed by atoms with van der Waals surface area (Å²) in [5.74, 6) is 0. The van der Waals surface area contributed by atoms with Crippen LogP contribution in [-0.4, -0.2) is 19.8 Å². The zero-order valence-electron chi connectivity index (χ0n) is 8.42. The van der Waals surface area contributed by atoms with E-state index in [1.54, 1.807) is 0 Å². The molecule has 0 unspecified atom stereocenters. The van der Waals surface area contributed by atoms with Crippen molar-refractivity contribution in [2.75, 3.05) is 19.8 Å². The molecule has 14 heavy (non-hydrogen) atoms. The molecule has 1 aromatic rings. The number of benzene rings is 1. The molecule has 78 valence electrons. The minimum atomic E-state index is 0.779. The lowest BCUT2D eigenvalue weighted by atomic mass is 10.2. The summed E-state index contributed by atoms with van der Waals surface area (Å²) in [5.41, 5.74) is 1.28. The number of hydrogen-bond donors (Lipinski definition) is 1. The van der Waals surface area contributed by atoms with Crippen LogP contribution < -0.4 is 5.32 Å². The monoisotopic (exact) mass is 257 g/mol. The van der Waals surface area contributed by atoms with Crippen LogP contribution in [0.25, 0.3) is 0 Å². The van der Waals surface area contributed by atoms with Gasteiger partial charge in [-0.05, 0) is 18.6 Å². The number of halogens is 1. The first kappa shape index (κ1) is 11.7. The van der Waals surface area contributed by atoms with E-state index in [1.165, 1.54) is 5.56 Å². The third kappa shape index (κ3) is 4.22. The number of hydrogen-bond acceptors (Lipinski definition) is 2. The minimum Gasteiger partial charge on any atom is -0.380 e. The van der Waals surface area contributed by atoms with E-state index in [0.29, 0.717) is 0 Å². The second-order valence-electron chi connectivity index (χ2n) is 2.97. The van der Waals surface area contributed by atoms with Gasteiger partial charge in [-0.1, -0.05) is 34.1 Å². The van der Waals surface area contributed by atoms with Gasteiger partial charge < -0.3 is 10.1 Å². The highest BCUT2D eigenvalue weighted by molar-refractivity contribution is 9.10. The first-order chi connectivity index (χ1) is 6.84. The molecule has 2 nitrogen and oxygen atoms in total. The molecule has 0 bridgehead atoms. The van der Waals surface area contributed by atoms with Crippen LogP contribution in [0, 0.1) is 0 Å². The highest BCUT2D eigenvalue weighted by atomic mass is 79.9. The molecule has 0 amide bonds. The summed E-state index contributed by atoms with van der Waals surface area (Å²) in [6.07, 6.45) is 0. The van der Waals surface area contributed by atoms with Crippen molar-refractivity contribution in [2.45, 2.75) is 13.5 Å². The Balaban J connectivity index is 2.21. The quantitative estimate of drug-likeness (QED) is 0.792. The maximum absolute atomic E-state index is 5.23. The first-order valence-corrected chi connectivity index (χ1v) is 5.65. The fourth-order valence-corrected chi connectivity index (χ4v) is 1.58. The summed E-state index contributed by atoms with van der Waals surface area (Å²) in [5, 5.41) is 3.32. The molecule has 0 atom stereocenters. The molecular formula is C11H16BrNO. The molecule has 0 saturated heterocycles. The average Bonchev–Trinajstić information content (AvgIpc) is 2.20. The van der Waals surface area contributed by atoms with Crippen molar-refractivity contribution in [3.8, 4) is 0 Å². The topological polar surface area (TPSA) is 21.3 Å². The molecule has 0 aliphatic carbocycles. The van der Waals surface area contributed by atoms with Crippen LogP contribution in [0.5, 0.6) is 0 Å². The molecule has 0 aromatic heterocycles. The Kier molecular flexibility index (Phi) is 5.83. The van der Waals surface area contributed by atoms with Crippen LogP contribution in [0.2, 0.25) is 0 Å². The van der Waals surface area contributed by atoms with Gasteiger partial charge in [-0.2, -0.15) is 0 Å². The van der Waals surface area contributed by atoms with E-state index >= 15 is 0 Å². The Hall–Kier alpha value is -0.380. The number of nitrogens with one attached hydrogen (secondary N) is 1. The van der Waals surface area contributed by atoms with Crippen LogP contribution in [-0.2, 0) is 11.3 Å². The molecule has 1 rings (SSSR count). The predicted octanol–water partition coefficient (Wildman–Crippen LogP) is 2.58. The maximum atomic E-state index is 5.23. The Morgan fingerprint density at radius 2 is 2.14 bits per heavy atom. The molecule has 0 aliphatic rings. The summed E-state index contributed by atoms with van der Waals surface area (Å²) in [7, 11) is 0. The van der Waals surface area contributed by atoms with Crippen LogP contribution in [0.15, 0.2) is 28.7 Å². The van der Waals surface area contributed by atoms with E-state index in [1.807, 2.05) is 19.1 Å². The molecule has 0 fully saturated rings. The summed E-state index contributed by atoms with van der Waals surface area (Å²) >= 11 is 3.51. The summed E-state index contributed by atoms with van der Waals surface area (Å²) in [4.78, 5) is 0. The van der Waals surface area contributed by atoms with Crippen LogP contribution in [0.3, 0.4) is 0 Å². The lowest BCUT2D eigenvalue weighted by molar-refractivity contribution is 0.149. The SMILES string of the molecule is CCOCCNCc1ccccc1Br. The van der Waals surface area contributed by atoms with E-state index in [-0.39, 0.29) is 0 Å². The van der Waals surface area contributed by atoms with Crippen molar-refractivity contribution in [3.63, 3.8) is 0 Å². The standard InChI is InChI=1S/C11H16BrNO/c1-2-14-8-7-13-9-10-5-3-4-6-11(10)12/h3-6,13H,2,7-9H2,1H3. The van der Waals surface area contributed by atoms with Crippen molar-refractivity contribution >= 4 is 15.9 Å². The fourth-order valence-electron chi connectivity index (χ4n) is 1.15. The zero-order chi connectivity index (χ0) is 10.2. The molecule has 0 aliphatic heterocycles. The molecule has 1 N–H and O–H groups in total. The zero-order valence-corrected chi connectivity index (χ0v) is 10.0. The van der Waals surface area contributed by atoms with Crippen molar-refractivity contribution in [1.82, 2.24) is 5.32 Å². The number of ether oxygens (including phenoxy) is 1. The molecule has 0 heterocycles. The highest BCUT2D eigenvalue weighted by Crippen LogP contribution is 2.14. The smallest absolute Gasteiger partial charge is 0.0590 e. The Labute approximate surface area is 93.8 Å². The minimum absolute atomic E-state index is 0.779. The lowest BCUT2D eigenvalue weighted by Gasteiger charge is -2.06. The molecule has 3 heteroatoms. The van der Waals surface area contributed by atoms with E-state index in [2.05, 4.69) is 33.4 Å². The Morgan fingerprint density at radius 1 is 1.36 bits per heavy atom. The van der Waals surface area contributed by atoms with Crippen LogP contribution in [0.4, 0.5) is 0 Å². The molecular weight excluding hydrogens is 242 g/mol. The van der Waals surface area contributed by atoms with Gasteiger partial charge in [0.15, 0.2) is 0 Å². The normalized spacial score (nSPS) is 10.4. The maximum Gasteiger partial charge on any atom is 0.0590 e. The second-order valence-corrected chi connectivity index (χ2v) is 3.82. The van der Waals surface area contributed by atoms with Crippen LogP contribution >= 0.6 is 15.9 Å². The largest absolute Gasteiger partial charge is 0.380 e. The molecule has 0 spiro atoms. The predicted molar refractivity (Wildman–Crippen MR) is 62.3 cm³/mol. The van der Waals surface area contributed by atoms with E-state index in [9.17, 15) is 0 Å². The highest BCUT2D eigenvalue weighted by Gasteiger charge is 1.96. The van der Waals surface area contributed by atoms with Crippen molar-refractivity contribution in [1.29, 1.82) is 0 Å². The van der Waals surface area contributed by atoms with Gasteiger partial charge in [0.2, 0.25) is 0 Å². The second kappa shape index (κ2) is 6.98. The van der Waals surface area contributed by atoms with Gasteiger partial charge in [0.05, 0.1) is 6.61 Å². The fraction of sp³-hybridized carbons (Fsp3) is 0.455. The van der Waals surface area contributed by atoms with Gasteiger partial charge in [0.1, 0.15) is 0 Å². The van der Waals surface area contributed by atoms with E-state index in [0.717, 1.165) is 30.8 Å².